The molecule has 0 saturated heterocycles. The molecule has 0 unspecified atom stereocenters. The lowest BCUT2D eigenvalue weighted by Gasteiger charge is -2.15. The molecule has 2 N–H and O–H groups in total. The number of amides is 2. The summed E-state index contributed by atoms with van der Waals surface area (Å²) in [6.07, 6.45) is 3.84. The molecule has 1 aliphatic carbocycles. The third-order valence-electron chi connectivity index (χ3n) is 5.58. The lowest BCUT2D eigenvalue weighted by atomic mass is 10.2. The zero-order valence-corrected chi connectivity index (χ0v) is 17.3. The molecule has 0 bridgehead atoms. The fourth-order valence-corrected chi connectivity index (χ4v) is 4.03. The van der Waals surface area contributed by atoms with E-state index in [1.165, 1.54) is 28.8 Å². The number of hydrogen-bond donors (Lipinski definition) is 2. The van der Waals surface area contributed by atoms with Gasteiger partial charge in [0.15, 0.2) is 0 Å². The SMILES string of the molecule is O=C(Cn1c(=O)n(CC(=O)NC2CCCC2)c(=O)c2ccccc21)Nc1ccc(F)cc1. The maximum atomic E-state index is 13.1. The third kappa shape index (κ3) is 4.61. The number of rotatable bonds is 6. The van der Waals surface area contributed by atoms with E-state index in [0.717, 1.165) is 30.3 Å². The van der Waals surface area contributed by atoms with Crippen LogP contribution in [-0.4, -0.2) is 27.0 Å². The number of nitrogens with one attached hydrogen (secondary N) is 2. The van der Waals surface area contributed by atoms with Crippen LogP contribution in [0.15, 0.2) is 58.1 Å². The predicted molar refractivity (Wildman–Crippen MR) is 118 cm³/mol. The lowest BCUT2D eigenvalue weighted by Crippen LogP contribution is -2.46. The molecule has 0 radical (unpaired) electrons. The van der Waals surface area contributed by atoms with Crippen molar-refractivity contribution in [1.82, 2.24) is 14.5 Å². The van der Waals surface area contributed by atoms with E-state index in [0.29, 0.717) is 11.2 Å². The van der Waals surface area contributed by atoms with Crippen molar-refractivity contribution in [3.8, 4) is 0 Å². The smallest absolute Gasteiger partial charge is 0.332 e. The van der Waals surface area contributed by atoms with Crippen LogP contribution in [0.4, 0.5) is 10.1 Å². The van der Waals surface area contributed by atoms with Gasteiger partial charge >= 0.3 is 5.69 Å². The molecule has 0 atom stereocenters. The van der Waals surface area contributed by atoms with Crippen molar-refractivity contribution in [2.45, 2.75) is 44.8 Å². The van der Waals surface area contributed by atoms with Gasteiger partial charge in [-0.3, -0.25) is 23.5 Å². The molecule has 2 aromatic carbocycles. The largest absolute Gasteiger partial charge is 0.352 e. The summed E-state index contributed by atoms with van der Waals surface area (Å²) < 4.78 is 15.1. The van der Waals surface area contributed by atoms with E-state index in [1.807, 2.05) is 0 Å². The van der Waals surface area contributed by atoms with Crippen molar-refractivity contribution in [2.75, 3.05) is 5.32 Å². The van der Waals surface area contributed by atoms with Gasteiger partial charge in [0.2, 0.25) is 11.8 Å². The summed E-state index contributed by atoms with van der Waals surface area (Å²) >= 11 is 0. The first-order valence-electron chi connectivity index (χ1n) is 10.5. The van der Waals surface area contributed by atoms with Crippen LogP contribution in [0.1, 0.15) is 25.7 Å². The molecule has 2 amide bonds. The third-order valence-corrected chi connectivity index (χ3v) is 5.58. The molecule has 4 rings (SSSR count). The van der Waals surface area contributed by atoms with Crippen molar-refractivity contribution >= 4 is 28.4 Å². The van der Waals surface area contributed by atoms with Crippen LogP contribution in [0.25, 0.3) is 10.9 Å². The van der Waals surface area contributed by atoms with Gasteiger partial charge in [-0.25, -0.2) is 9.18 Å². The van der Waals surface area contributed by atoms with Crippen LogP contribution < -0.4 is 21.9 Å². The average molecular weight is 438 g/mol. The van der Waals surface area contributed by atoms with E-state index in [1.54, 1.807) is 24.3 Å². The van der Waals surface area contributed by atoms with Crippen molar-refractivity contribution in [3.63, 3.8) is 0 Å². The number of benzene rings is 2. The van der Waals surface area contributed by atoms with E-state index >= 15 is 0 Å². The first-order valence-corrected chi connectivity index (χ1v) is 10.5. The quantitative estimate of drug-likeness (QED) is 0.615. The van der Waals surface area contributed by atoms with Gasteiger partial charge in [-0.1, -0.05) is 25.0 Å². The number of aromatic nitrogens is 2. The Balaban J connectivity index is 1.64. The van der Waals surface area contributed by atoms with Gasteiger partial charge in [-0.15, -0.1) is 0 Å². The van der Waals surface area contributed by atoms with E-state index in [-0.39, 0.29) is 18.0 Å². The Labute approximate surface area is 182 Å². The van der Waals surface area contributed by atoms with Crippen LogP contribution in [0, 0.1) is 5.82 Å². The average Bonchev–Trinajstić information content (AvgIpc) is 3.29. The van der Waals surface area contributed by atoms with E-state index in [4.69, 9.17) is 0 Å². The number of halogens is 1. The van der Waals surface area contributed by atoms with Gasteiger partial charge in [0.1, 0.15) is 18.9 Å². The van der Waals surface area contributed by atoms with E-state index in [2.05, 4.69) is 10.6 Å². The lowest BCUT2D eigenvalue weighted by molar-refractivity contribution is -0.122. The Morgan fingerprint density at radius 3 is 2.28 bits per heavy atom. The van der Waals surface area contributed by atoms with Crippen LogP contribution >= 0.6 is 0 Å². The molecule has 1 heterocycles. The zero-order chi connectivity index (χ0) is 22.7. The summed E-state index contributed by atoms with van der Waals surface area (Å²) in [7, 11) is 0. The minimum Gasteiger partial charge on any atom is -0.352 e. The first-order chi connectivity index (χ1) is 15.4. The highest BCUT2D eigenvalue weighted by molar-refractivity contribution is 5.91. The van der Waals surface area contributed by atoms with Crippen LogP contribution in [-0.2, 0) is 22.7 Å². The Kier molecular flexibility index (Phi) is 6.16. The van der Waals surface area contributed by atoms with Gasteiger partial charge in [0.05, 0.1) is 10.9 Å². The van der Waals surface area contributed by atoms with Crippen molar-refractivity contribution in [2.24, 2.45) is 0 Å². The maximum Gasteiger partial charge on any atom is 0.332 e. The molecule has 0 spiro atoms. The molecule has 1 saturated carbocycles. The van der Waals surface area contributed by atoms with Crippen LogP contribution in [0.2, 0.25) is 0 Å². The second-order valence-corrected chi connectivity index (χ2v) is 7.88. The number of nitrogens with zero attached hydrogens (tertiary/aromatic N) is 2. The maximum absolute atomic E-state index is 13.1. The van der Waals surface area contributed by atoms with Crippen molar-refractivity contribution in [3.05, 3.63) is 75.2 Å². The molecule has 8 nitrogen and oxygen atoms in total. The number of anilines is 1. The van der Waals surface area contributed by atoms with Gasteiger partial charge in [-0.05, 0) is 49.2 Å². The summed E-state index contributed by atoms with van der Waals surface area (Å²) in [5, 5.41) is 5.70. The Bertz CT molecular complexity index is 1270. The standard InChI is InChI=1S/C23H23FN4O4/c24-15-9-11-17(12-10-15)26-20(29)13-27-19-8-4-3-7-18(19)22(31)28(23(27)32)14-21(30)25-16-5-1-2-6-16/h3-4,7-12,16H,1-2,5-6,13-14H2,(H,25,30)(H,26,29). The number of para-hydroxylation sites is 1. The summed E-state index contributed by atoms with van der Waals surface area (Å²) in [6.45, 7) is -0.792. The molecule has 1 aliphatic rings. The van der Waals surface area contributed by atoms with E-state index in [9.17, 15) is 23.6 Å². The Morgan fingerprint density at radius 2 is 1.56 bits per heavy atom. The number of fused-ring (bicyclic) bond motifs is 1. The van der Waals surface area contributed by atoms with Crippen molar-refractivity contribution < 1.29 is 14.0 Å². The van der Waals surface area contributed by atoms with Crippen molar-refractivity contribution in [1.29, 1.82) is 0 Å². The van der Waals surface area contributed by atoms with Gasteiger partial charge in [-0.2, -0.15) is 0 Å². The number of hydrogen-bond acceptors (Lipinski definition) is 4. The predicted octanol–water partition coefficient (Wildman–Crippen LogP) is 2.00. The minimum absolute atomic E-state index is 0.0578. The summed E-state index contributed by atoms with van der Waals surface area (Å²) in [6, 6.07) is 11.7. The highest BCUT2D eigenvalue weighted by Gasteiger charge is 2.20. The second-order valence-electron chi connectivity index (χ2n) is 7.88. The zero-order valence-electron chi connectivity index (χ0n) is 17.3. The normalized spacial score (nSPS) is 13.9. The van der Waals surface area contributed by atoms with Gasteiger partial charge < -0.3 is 10.6 Å². The highest BCUT2D eigenvalue weighted by atomic mass is 19.1. The fraction of sp³-hybridized carbons (Fsp3) is 0.304. The highest BCUT2D eigenvalue weighted by Crippen LogP contribution is 2.17. The van der Waals surface area contributed by atoms with E-state index < -0.39 is 35.4 Å². The number of carbonyl (C=O) groups excluding carboxylic acids is 2. The summed E-state index contributed by atoms with van der Waals surface area (Å²) in [5.41, 5.74) is -0.658. The molecule has 1 fully saturated rings. The molecule has 3 aromatic rings. The molecule has 32 heavy (non-hydrogen) atoms. The molecule has 0 aliphatic heterocycles. The molecule has 166 valence electrons. The van der Waals surface area contributed by atoms with Gasteiger partial charge in [0, 0.05) is 11.7 Å². The van der Waals surface area contributed by atoms with Crippen LogP contribution in [0.5, 0.6) is 0 Å². The Hall–Kier alpha value is -3.75. The topological polar surface area (TPSA) is 102 Å². The molecular weight excluding hydrogens is 415 g/mol. The molecule has 1 aromatic heterocycles. The fourth-order valence-electron chi connectivity index (χ4n) is 4.03. The first kappa shape index (κ1) is 21.5. The van der Waals surface area contributed by atoms with Crippen LogP contribution in [0.3, 0.4) is 0 Å². The molecule has 9 heteroatoms. The summed E-state index contributed by atoms with van der Waals surface area (Å²) in [4.78, 5) is 51.1. The summed E-state index contributed by atoms with van der Waals surface area (Å²) in [5.74, 6) is -1.37. The van der Waals surface area contributed by atoms with Gasteiger partial charge in [0.25, 0.3) is 5.56 Å². The minimum atomic E-state index is -0.746. The monoisotopic (exact) mass is 438 g/mol. The Morgan fingerprint density at radius 1 is 0.906 bits per heavy atom. The second kappa shape index (κ2) is 9.17. The molecular formula is C23H23FN4O4. The number of carbonyl (C=O) groups is 2.